The van der Waals surface area contributed by atoms with Gasteiger partial charge in [-0.05, 0) is 13.0 Å². The second kappa shape index (κ2) is 5.27. The largest absolute Gasteiger partial charge is 0.304 e. The molecule has 0 aliphatic heterocycles. The summed E-state index contributed by atoms with van der Waals surface area (Å²) in [5.74, 6) is 0.780. The van der Waals surface area contributed by atoms with E-state index in [-0.39, 0.29) is 0 Å². The lowest BCUT2D eigenvalue weighted by Gasteiger charge is -2.02. The molecule has 5 heteroatoms. The monoisotopic (exact) mass is 215 g/mol. The molecule has 2 aromatic rings. The molecule has 2 heterocycles. The Morgan fingerprint density at radius 2 is 1.81 bits per heavy atom. The SMILES string of the molecule is Cc1cnc(CNCc2ncccn2)cn1. The fourth-order valence-electron chi connectivity index (χ4n) is 1.23. The van der Waals surface area contributed by atoms with Gasteiger partial charge >= 0.3 is 0 Å². The molecule has 0 atom stereocenters. The van der Waals surface area contributed by atoms with Crippen LogP contribution in [0.4, 0.5) is 0 Å². The first-order valence-corrected chi connectivity index (χ1v) is 5.09. The Hall–Kier alpha value is -1.88. The van der Waals surface area contributed by atoms with Gasteiger partial charge in [0, 0.05) is 31.3 Å². The maximum atomic E-state index is 4.24. The van der Waals surface area contributed by atoms with Gasteiger partial charge in [-0.3, -0.25) is 9.97 Å². The number of aromatic nitrogens is 4. The lowest BCUT2D eigenvalue weighted by Crippen LogP contribution is -2.15. The van der Waals surface area contributed by atoms with Crippen LogP contribution in [0.1, 0.15) is 17.2 Å². The van der Waals surface area contributed by atoms with E-state index >= 15 is 0 Å². The van der Waals surface area contributed by atoms with Gasteiger partial charge in [-0.2, -0.15) is 0 Å². The molecule has 0 saturated heterocycles. The molecule has 2 rings (SSSR count). The van der Waals surface area contributed by atoms with Crippen LogP contribution in [0, 0.1) is 6.92 Å². The van der Waals surface area contributed by atoms with Crippen molar-refractivity contribution >= 4 is 0 Å². The normalized spacial score (nSPS) is 10.3. The molecule has 1 N–H and O–H groups in total. The van der Waals surface area contributed by atoms with Gasteiger partial charge < -0.3 is 5.32 Å². The standard InChI is InChI=1S/C11H13N5/c1-9-5-16-10(7-15-9)6-12-8-11-13-3-2-4-14-11/h2-5,7,12H,6,8H2,1H3. The summed E-state index contributed by atoms with van der Waals surface area (Å²) in [5, 5.41) is 3.21. The Morgan fingerprint density at radius 1 is 1.00 bits per heavy atom. The van der Waals surface area contributed by atoms with E-state index in [9.17, 15) is 0 Å². The topological polar surface area (TPSA) is 63.6 Å². The molecular formula is C11H13N5. The minimum Gasteiger partial charge on any atom is -0.304 e. The van der Waals surface area contributed by atoms with Crippen molar-refractivity contribution in [3.8, 4) is 0 Å². The average Bonchev–Trinajstić information content (AvgIpc) is 2.33. The smallest absolute Gasteiger partial charge is 0.141 e. The van der Waals surface area contributed by atoms with Crippen LogP contribution in [0.5, 0.6) is 0 Å². The van der Waals surface area contributed by atoms with Crippen LogP contribution in [-0.4, -0.2) is 19.9 Å². The van der Waals surface area contributed by atoms with Crippen LogP contribution in [-0.2, 0) is 13.1 Å². The average molecular weight is 215 g/mol. The third-order valence-electron chi connectivity index (χ3n) is 2.04. The van der Waals surface area contributed by atoms with Crippen molar-refractivity contribution in [1.82, 2.24) is 25.3 Å². The molecule has 0 aliphatic rings. The van der Waals surface area contributed by atoms with Crippen molar-refractivity contribution in [3.63, 3.8) is 0 Å². The van der Waals surface area contributed by atoms with E-state index in [1.807, 2.05) is 6.92 Å². The highest BCUT2D eigenvalue weighted by Crippen LogP contribution is 1.94. The van der Waals surface area contributed by atoms with Gasteiger partial charge in [-0.1, -0.05) is 0 Å². The highest BCUT2D eigenvalue weighted by Gasteiger charge is 1.96. The van der Waals surface area contributed by atoms with Crippen LogP contribution in [0.25, 0.3) is 0 Å². The quantitative estimate of drug-likeness (QED) is 0.819. The Morgan fingerprint density at radius 3 is 2.50 bits per heavy atom. The van der Waals surface area contributed by atoms with Crippen LogP contribution in [0.3, 0.4) is 0 Å². The predicted octanol–water partition coefficient (Wildman–Crippen LogP) is 0.865. The van der Waals surface area contributed by atoms with E-state index in [1.165, 1.54) is 0 Å². The highest BCUT2D eigenvalue weighted by molar-refractivity contribution is 5.00. The van der Waals surface area contributed by atoms with Gasteiger partial charge in [0.2, 0.25) is 0 Å². The molecular weight excluding hydrogens is 202 g/mol. The summed E-state index contributed by atoms with van der Waals surface area (Å²) in [6, 6.07) is 1.80. The van der Waals surface area contributed by atoms with Crippen LogP contribution >= 0.6 is 0 Å². The summed E-state index contributed by atoms with van der Waals surface area (Å²) in [5.41, 5.74) is 1.84. The summed E-state index contributed by atoms with van der Waals surface area (Å²) >= 11 is 0. The van der Waals surface area contributed by atoms with Gasteiger partial charge in [0.1, 0.15) is 5.82 Å². The molecule has 0 aromatic carbocycles. The molecule has 0 bridgehead atoms. The molecule has 0 spiro atoms. The van der Waals surface area contributed by atoms with Crippen LogP contribution in [0.2, 0.25) is 0 Å². The summed E-state index contributed by atoms with van der Waals surface area (Å²) < 4.78 is 0. The number of hydrogen-bond donors (Lipinski definition) is 1. The number of nitrogens with zero attached hydrogens (tertiary/aromatic N) is 4. The number of aryl methyl sites for hydroxylation is 1. The minimum atomic E-state index is 0.635. The second-order valence-electron chi connectivity index (χ2n) is 3.42. The zero-order chi connectivity index (χ0) is 11.2. The molecule has 0 aliphatic carbocycles. The maximum absolute atomic E-state index is 4.24. The van der Waals surface area contributed by atoms with Crippen LogP contribution < -0.4 is 5.32 Å². The first kappa shape index (κ1) is 10.6. The minimum absolute atomic E-state index is 0.635. The Bertz CT molecular complexity index is 426. The first-order valence-electron chi connectivity index (χ1n) is 5.09. The summed E-state index contributed by atoms with van der Waals surface area (Å²) in [6.07, 6.45) is 7.00. The fraction of sp³-hybridized carbons (Fsp3) is 0.273. The zero-order valence-electron chi connectivity index (χ0n) is 9.09. The Kier molecular flexibility index (Phi) is 3.50. The van der Waals surface area contributed by atoms with Gasteiger partial charge in [-0.15, -0.1) is 0 Å². The van der Waals surface area contributed by atoms with E-state index in [1.54, 1.807) is 30.9 Å². The number of rotatable bonds is 4. The molecule has 16 heavy (non-hydrogen) atoms. The molecule has 0 saturated carbocycles. The first-order chi connectivity index (χ1) is 7.84. The van der Waals surface area contributed by atoms with Gasteiger partial charge in [0.25, 0.3) is 0 Å². The van der Waals surface area contributed by atoms with E-state index in [2.05, 4.69) is 25.3 Å². The summed E-state index contributed by atoms with van der Waals surface area (Å²) in [4.78, 5) is 16.6. The molecule has 5 nitrogen and oxygen atoms in total. The van der Waals surface area contributed by atoms with Crippen molar-refractivity contribution in [3.05, 3.63) is 48.1 Å². The molecule has 0 radical (unpaired) electrons. The second-order valence-corrected chi connectivity index (χ2v) is 3.42. The Labute approximate surface area is 94.0 Å². The van der Waals surface area contributed by atoms with Gasteiger partial charge in [-0.25, -0.2) is 9.97 Å². The maximum Gasteiger partial charge on any atom is 0.141 e. The summed E-state index contributed by atoms with van der Waals surface area (Å²) in [6.45, 7) is 3.23. The summed E-state index contributed by atoms with van der Waals surface area (Å²) in [7, 11) is 0. The van der Waals surface area contributed by atoms with Crippen molar-refractivity contribution in [1.29, 1.82) is 0 Å². The van der Waals surface area contributed by atoms with E-state index in [0.29, 0.717) is 13.1 Å². The number of hydrogen-bond acceptors (Lipinski definition) is 5. The van der Waals surface area contributed by atoms with Gasteiger partial charge in [0.15, 0.2) is 0 Å². The zero-order valence-corrected chi connectivity index (χ0v) is 9.09. The molecule has 0 amide bonds. The molecule has 0 unspecified atom stereocenters. The van der Waals surface area contributed by atoms with Crippen molar-refractivity contribution in [2.24, 2.45) is 0 Å². The molecule has 2 aromatic heterocycles. The fourth-order valence-corrected chi connectivity index (χ4v) is 1.23. The van der Waals surface area contributed by atoms with E-state index in [0.717, 1.165) is 17.2 Å². The molecule has 0 fully saturated rings. The van der Waals surface area contributed by atoms with E-state index < -0.39 is 0 Å². The van der Waals surface area contributed by atoms with Gasteiger partial charge in [0.05, 0.1) is 17.9 Å². The third kappa shape index (κ3) is 3.06. The van der Waals surface area contributed by atoms with Crippen LogP contribution in [0.15, 0.2) is 30.9 Å². The predicted molar refractivity (Wildman–Crippen MR) is 59.3 cm³/mol. The van der Waals surface area contributed by atoms with Crippen molar-refractivity contribution in [2.75, 3.05) is 0 Å². The third-order valence-corrected chi connectivity index (χ3v) is 2.04. The van der Waals surface area contributed by atoms with Crippen molar-refractivity contribution < 1.29 is 0 Å². The lowest BCUT2D eigenvalue weighted by molar-refractivity contribution is 0.648. The lowest BCUT2D eigenvalue weighted by atomic mass is 10.4. The van der Waals surface area contributed by atoms with Crippen molar-refractivity contribution in [2.45, 2.75) is 20.0 Å². The molecule has 82 valence electrons. The Balaban J connectivity index is 1.82. The van der Waals surface area contributed by atoms with E-state index in [4.69, 9.17) is 0 Å². The highest BCUT2D eigenvalue weighted by atomic mass is 15.0. The number of nitrogens with one attached hydrogen (secondary N) is 1.